The molecule has 2 N–H and O–H groups in total. The van der Waals surface area contributed by atoms with Gasteiger partial charge < -0.3 is 10.6 Å². The number of amides is 2. The van der Waals surface area contributed by atoms with Crippen LogP contribution in [0.1, 0.15) is 10.4 Å². The summed E-state index contributed by atoms with van der Waals surface area (Å²) in [4.78, 5) is 42.0. The molecule has 0 unspecified atom stereocenters. The van der Waals surface area contributed by atoms with Gasteiger partial charge >= 0.3 is 0 Å². The first-order chi connectivity index (χ1) is 14.9. The number of carbonyl (C=O) groups excluding carboxylic acids is 2. The number of aryl methyl sites for hydroxylation is 1. The van der Waals surface area contributed by atoms with Gasteiger partial charge in [0.05, 0.1) is 11.4 Å². The van der Waals surface area contributed by atoms with Crippen molar-refractivity contribution >= 4 is 50.2 Å². The Balaban J connectivity index is 1.53. The highest BCUT2D eigenvalue weighted by atomic mass is 79.9. The minimum Gasteiger partial charge on any atom is -0.323 e. The van der Waals surface area contributed by atoms with E-state index in [-0.39, 0.29) is 18.0 Å². The lowest BCUT2D eigenvalue weighted by molar-refractivity contribution is -0.116. The molecule has 0 saturated heterocycles. The smallest absolute Gasteiger partial charge is 0.266 e. The summed E-state index contributed by atoms with van der Waals surface area (Å²) in [5, 5.41) is 9.95. The van der Waals surface area contributed by atoms with Crippen molar-refractivity contribution in [2.24, 2.45) is 7.05 Å². The predicted octanol–water partition coefficient (Wildman–Crippen LogP) is 2.78. The molecule has 0 aliphatic rings. The molecule has 2 heterocycles. The third kappa shape index (κ3) is 4.24. The van der Waals surface area contributed by atoms with Gasteiger partial charge in [-0.25, -0.2) is 9.67 Å². The first kappa shape index (κ1) is 20.5. The molecule has 4 aromatic rings. The van der Waals surface area contributed by atoms with Gasteiger partial charge in [0.1, 0.15) is 22.9 Å². The van der Waals surface area contributed by atoms with Crippen LogP contribution >= 0.6 is 15.9 Å². The molecule has 10 heteroatoms. The molecule has 2 amide bonds. The molecule has 2 aromatic carbocycles. The molecule has 2 aromatic heterocycles. The summed E-state index contributed by atoms with van der Waals surface area (Å²) in [6, 6.07) is 15.6. The summed E-state index contributed by atoms with van der Waals surface area (Å²) in [5.41, 5.74) is 1.40. The summed E-state index contributed by atoms with van der Waals surface area (Å²) in [6.07, 6.45) is 1.31. The monoisotopic (exact) mass is 480 g/mol. The van der Waals surface area contributed by atoms with Crippen molar-refractivity contribution in [1.29, 1.82) is 0 Å². The topological polar surface area (TPSA) is 111 Å². The molecule has 0 spiro atoms. The van der Waals surface area contributed by atoms with E-state index in [0.717, 1.165) is 0 Å². The highest BCUT2D eigenvalue weighted by molar-refractivity contribution is 9.10. The third-order valence-electron chi connectivity index (χ3n) is 4.57. The van der Waals surface area contributed by atoms with E-state index in [0.29, 0.717) is 32.6 Å². The standard InChI is InChI=1S/C21H17BrN6O3/c1-27-19-17(18(22)26-27)21(31)28(12-23-19)11-16(29)24-14-9-5-6-10-15(14)25-20(30)13-7-3-2-4-8-13/h2-10,12H,11H2,1H3,(H,24,29)(H,25,30). The number of hydrogen-bond donors (Lipinski definition) is 2. The number of hydrogen-bond acceptors (Lipinski definition) is 5. The van der Waals surface area contributed by atoms with Crippen LogP contribution < -0.4 is 16.2 Å². The number of rotatable bonds is 5. The zero-order valence-electron chi connectivity index (χ0n) is 16.4. The van der Waals surface area contributed by atoms with E-state index in [2.05, 4.69) is 36.6 Å². The summed E-state index contributed by atoms with van der Waals surface area (Å²) in [5.74, 6) is -0.737. The van der Waals surface area contributed by atoms with E-state index in [4.69, 9.17) is 0 Å². The number of benzene rings is 2. The molecule has 0 aliphatic heterocycles. The molecule has 31 heavy (non-hydrogen) atoms. The predicted molar refractivity (Wildman–Crippen MR) is 120 cm³/mol. The van der Waals surface area contributed by atoms with Gasteiger partial charge in [0.15, 0.2) is 5.65 Å². The van der Waals surface area contributed by atoms with E-state index in [1.165, 1.54) is 15.6 Å². The van der Waals surface area contributed by atoms with Gasteiger partial charge in [-0.1, -0.05) is 30.3 Å². The second-order valence-electron chi connectivity index (χ2n) is 6.70. The summed E-state index contributed by atoms with van der Waals surface area (Å²) in [6.45, 7) is -0.246. The molecule has 0 atom stereocenters. The normalized spacial score (nSPS) is 10.8. The lowest BCUT2D eigenvalue weighted by Gasteiger charge is -2.13. The Kier molecular flexibility index (Phi) is 5.63. The van der Waals surface area contributed by atoms with Crippen LogP contribution in [0.3, 0.4) is 0 Å². The molecule has 0 bridgehead atoms. The fourth-order valence-electron chi connectivity index (χ4n) is 3.08. The summed E-state index contributed by atoms with van der Waals surface area (Å²) < 4.78 is 3.05. The number of anilines is 2. The molecule has 4 rings (SSSR count). The van der Waals surface area contributed by atoms with Crippen molar-refractivity contribution in [2.75, 3.05) is 10.6 Å². The number of para-hydroxylation sites is 2. The van der Waals surface area contributed by atoms with Gasteiger partial charge in [-0.05, 0) is 40.2 Å². The highest BCUT2D eigenvalue weighted by Crippen LogP contribution is 2.22. The summed E-state index contributed by atoms with van der Waals surface area (Å²) in [7, 11) is 1.68. The van der Waals surface area contributed by atoms with Crippen LogP contribution in [0.4, 0.5) is 11.4 Å². The average molecular weight is 481 g/mol. The quantitative estimate of drug-likeness (QED) is 0.456. The third-order valence-corrected chi connectivity index (χ3v) is 5.12. The van der Waals surface area contributed by atoms with E-state index >= 15 is 0 Å². The Labute approximate surface area is 184 Å². The number of carbonyl (C=O) groups is 2. The molecule has 0 fully saturated rings. The Morgan fingerprint density at radius 1 is 1.00 bits per heavy atom. The zero-order chi connectivity index (χ0) is 22.0. The molecular weight excluding hydrogens is 464 g/mol. The maximum atomic E-state index is 12.7. The van der Waals surface area contributed by atoms with Gasteiger partial charge in [-0.15, -0.1) is 0 Å². The number of aromatic nitrogens is 4. The van der Waals surface area contributed by atoms with Crippen LogP contribution in [0.5, 0.6) is 0 Å². The Hall–Kier alpha value is -3.79. The van der Waals surface area contributed by atoms with Gasteiger partial charge in [0, 0.05) is 12.6 Å². The van der Waals surface area contributed by atoms with Gasteiger partial charge in [-0.3, -0.25) is 19.0 Å². The van der Waals surface area contributed by atoms with Crippen LogP contribution in [0.2, 0.25) is 0 Å². The number of halogens is 1. The minimum absolute atomic E-state index is 0.246. The maximum Gasteiger partial charge on any atom is 0.266 e. The Morgan fingerprint density at radius 2 is 1.65 bits per heavy atom. The molecule has 0 saturated carbocycles. The first-order valence-electron chi connectivity index (χ1n) is 9.27. The zero-order valence-corrected chi connectivity index (χ0v) is 18.0. The first-order valence-corrected chi connectivity index (χ1v) is 10.1. The second-order valence-corrected chi connectivity index (χ2v) is 7.46. The van der Waals surface area contributed by atoms with E-state index in [1.54, 1.807) is 55.6 Å². The van der Waals surface area contributed by atoms with Crippen molar-refractivity contribution in [3.63, 3.8) is 0 Å². The van der Waals surface area contributed by atoms with Crippen LogP contribution in [-0.2, 0) is 18.4 Å². The van der Waals surface area contributed by atoms with E-state index in [1.807, 2.05) is 6.07 Å². The van der Waals surface area contributed by atoms with Crippen LogP contribution in [0.25, 0.3) is 11.0 Å². The summed E-state index contributed by atoms with van der Waals surface area (Å²) >= 11 is 3.25. The van der Waals surface area contributed by atoms with E-state index < -0.39 is 5.91 Å². The second kappa shape index (κ2) is 8.52. The van der Waals surface area contributed by atoms with Gasteiger partial charge in [-0.2, -0.15) is 5.10 Å². The minimum atomic E-state index is -0.440. The number of nitrogens with one attached hydrogen (secondary N) is 2. The SMILES string of the molecule is Cn1nc(Br)c2c(=O)n(CC(=O)Nc3ccccc3NC(=O)c3ccccc3)cnc21. The van der Waals surface area contributed by atoms with Crippen molar-refractivity contribution in [3.8, 4) is 0 Å². The largest absolute Gasteiger partial charge is 0.323 e. The van der Waals surface area contributed by atoms with Gasteiger partial charge in [0.2, 0.25) is 5.91 Å². The number of nitrogens with zero attached hydrogens (tertiary/aromatic N) is 4. The fourth-order valence-corrected chi connectivity index (χ4v) is 3.66. The Morgan fingerprint density at radius 3 is 2.35 bits per heavy atom. The van der Waals surface area contributed by atoms with E-state index in [9.17, 15) is 14.4 Å². The van der Waals surface area contributed by atoms with Crippen LogP contribution in [0.15, 0.2) is 70.3 Å². The fraction of sp³-hybridized carbons (Fsp3) is 0.0952. The molecule has 0 aliphatic carbocycles. The number of fused-ring (bicyclic) bond motifs is 1. The van der Waals surface area contributed by atoms with Gasteiger partial charge in [0.25, 0.3) is 11.5 Å². The van der Waals surface area contributed by atoms with Crippen LogP contribution in [0, 0.1) is 0 Å². The Bertz CT molecular complexity index is 1350. The molecule has 9 nitrogen and oxygen atoms in total. The lowest BCUT2D eigenvalue weighted by Crippen LogP contribution is -2.28. The van der Waals surface area contributed by atoms with Crippen LogP contribution in [-0.4, -0.2) is 31.1 Å². The van der Waals surface area contributed by atoms with Crippen molar-refractivity contribution in [1.82, 2.24) is 19.3 Å². The molecule has 0 radical (unpaired) electrons. The maximum absolute atomic E-state index is 12.7. The molecule has 156 valence electrons. The van der Waals surface area contributed by atoms with Crippen molar-refractivity contribution < 1.29 is 9.59 Å². The molecular formula is C21H17BrN6O3. The lowest BCUT2D eigenvalue weighted by atomic mass is 10.2. The average Bonchev–Trinajstić information content (AvgIpc) is 3.06. The van der Waals surface area contributed by atoms with Crippen molar-refractivity contribution in [3.05, 3.63) is 81.4 Å². The van der Waals surface area contributed by atoms with Crippen molar-refractivity contribution in [2.45, 2.75) is 6.54 Å². The highest BCUT2D eigenvalue weighted by Gasteiger charge is 2.16.